The van der Waals surface area contributed by atoms with Crippen molar-refractivity contribution in [3.8, 4) is 11.1 Å². The fourth-order valence-electron chi connectivity index (χ4n) is 5.08. The van der Waals surface area contributed by atoms with Gasteiger partial charge in [-0.25, -0.2) is 0 Å². The average molecular weight is 581 g/mol. The Morgan fingerprint density at radius 3 is 0.595 bits per heavy atom. The highest BCUT2D eigenvalue weighted by Gasteiger charge is 2.30. The second-order valence-corrected chi connectivity index (χ2v) is 15.0. The minimum Gasteiger partial charge on any atom is -0.0543 e. The third-order valence-corrected chi connectivity index (χ3v) is 12.0. The van der Waals surface area contributed by atoms with E-state index in [-0.39, 0.29) is 21.8 Å². The van der Waals surface area contributed by atoms with E-state index in [0.29, 0.717) is 0 Å². The first-order valence-corrected chi connectivity index (χ1v) is 16.9. The number of aryl methyl sites for hydroxylation is 4. The van der Waals surface area contributed by atoms with E-state index in [0.717, 1.165) is 0 Å². The fourth-order valence-corrected chi connectivity index (χ4v) is 9.16. The molecule has 0 spiro atoms. The van der Waals surface area contributed by atoms with Gasteiger partial charge in [0.05, 0.1) is 21.8 Å². The molecular weight excluding hydrogens is 545 g/mol. The van der Waals surface area contributed by atoms with Gasteiger partial charge in [0.15, 0.2) is 29.4 Å². The van der Waals surface area contributed by atoms with Crippen molar-refractivity contribution in [3.63, 3.8) is 0 Å². The van der Waals surface area contributed by atoms with Crippen LogP contribution in [0.2, 0.25) is 0 Å². The first-order valence-electron chi connectivity index (χ1n) is 14.4. The predicted octanol–water partition coefficient (Wildman–Crippen LogP) is 10.8. The summed E-state index contributed by atoms with van der Waals surface area (Å²) in [4.78, 5) is 8.06. The molecule has 2 heteroatoms. The molecule has 0 aliphatic heterocycles. The minimum atomic E-state index is -0.151. The van der Waals surface area contributed by atoms with Crippen molar-refractivity contribution < 1.29 is 0 Å². The van der Waals surface area contributed by atoms with Crippen molar-refractivity contribution in [1.29, 1.82) is 0 Å². The maximum atomic E-state index is 2.31. The Morgan fingerprint density at radius 2 is 0.405 bits per heavy atom. The van der Waals surface area contributed by atoms with Crippen LogP contribution in [0, 0.1) is 27.7 Å². The zero-order chi connectivity index (χ0) is 29.1. The van der Waals surface area contributed by atoms with Crippen LogP contribution in [0.15, 0.2) is 175 Å². The van der Waals surface area contributed by atoms with Gasteiger partial charge in [0, 0.05) is 0 Å². The van der Waals surface area contributed by atoms with E-state index in [1.165, 1.54) is 62.8 Å². The number of hydrogen-bond acceptors (Lipinski definition) is 0. The average Bonchev–Trinajstić information content (AvgIpc) is 3.02. The van der Waals surface area contributed by atoms with Crippen LogP contribution < -0.4 is 0 Å². The quantitative estimate of drug-likeness (QED) is 0.165. The van der Waals surface area contributed by atoms with Crippen LogP contribution in [-0.2, 0) is 21.8 Å². The van der Waals surface area contributed by atoms with Gasteiger partial charge in [-0.05, 0) is 136 Å². The van der Waals surface area contributed by atoms with Crippen molar-refractivity contribution in [2.24, 2.45) is 0 Å². The van der Waals surface area contributed by atoms with Gasteiger partial charge in [-0.1, -0.05) is 70.8 Å². The molecule has 0 aliphatic rings. The molecule has 0 aliphatic carbocycles. The Labute approximate surface area is 256 Å². The Morgan fingerprint density at radius 1 is 0.238 bits per heavy atom. The SMILES string of the molecule is Cc1ccc([S+](c2ccc(C)cc2)c2ccc(-c3ccc([S+](c4ccc(C)cc4)c4ccc(C)cc4)cc3)cc2)cc1. The fraction of sp³-hybridized carbons (Fsp3) is 0.100. The molecule has 0 nitrogen and oxygen atoms in total. The topological polar surface area (TPSA) is 0 Å². The molecule has 0 saturated heterocycles. The zero-order valence-electron chi connectivity index (χ0n) is 24.7. The van der Waals surface area contributed by atoms with Crippen LogP contribution in [0.3, 0.4) is 0 Å². The van der Waals surface area contributed by atoms with Gasteiger partial charge in [0.1, 0.15) is 0 Å². The van der Waals surface area contributed by atoms with Crippen LogP contribution in [0.5, 0.6) is 0 Å². The summed E-state index contributed by atoms with van der Waals surface area (Å²) in [5, 5.41) is 0. The van der Waals surface area contributed by atoms with Gasteiger partial charge in [0.25, 0.3) is 0 Å². The Bertz CT molecular complexity index is 1520. The molecule has 6 aromatic rings. The third kappa shape index (κ3) is 6.26. The van der Waals surface area contributed by atoms with Crippen molar-refractivity contribution in [1.82, 2.24) is 0 Å². The molecule has 0 aromatic heterocycles. The summed E-state index contributed by atoms with van der Waals surface area (Å²) in [6.07, 6.45) is 0. The number of hydrogen-bond donors (Lipinski definition) is 0. The maximum absolute atomic E-state index is 2.31. The predicted molar refractivity (Wildman–Crippen MR) is 181 cm³/mol. The summed E-state index contributed by atoms with van der Waals surface area (Å²) in [6, 6.07) is 54.4. The maximum Gasteiger partial charge on any atom is 0.166 e. The molecule has 0 unspecified atom stereocenters. The normalized spacial score (nSPS) is 11.3. The second-order valence-electron chi connectivity index (χ2n) is 10.9. The van der Waals surface area contributed by atoms with Gasteiger partial charge in [-0.15, -0.1) is 0 Å². The Kier molecular flexibility index (Phi) is 8.37. The van der Waals surface area contributed by atoms with Crippen LogP contribution in [0.1, 0.15) is 22.3 Å². The smallest absolute Gasteiger partial charge is 0.0543 e. The van der Waals surface area contributed by atoms with E-state index >= 15 is 0 Å². The number of benzene rings is 6. The molecule has 0 amide bonds. The van der Waals surface area contributed by atoms with E-state index in [2.05, 4.69) is 173 Å². The molecule has 0 radical (unpaired) electrons. The lowest BCUT2D eigenvalue weighted by Crippen LogP contribution is -2.05. The van der Waals surface area contributed by atoms with Gasteiger partial charge in [-0.3, -0.25) is 0 Å². The van der Waals surface area contributed by atoms with Crippen molar-refractivity contribution in [2.45, 2.75) is 57.1 Å². The summed E-state index contributed by atoms with van der Waals surface area (Å²) in [7, 11) is -0.301. The molecule has 0 heterocycles. The number of rotatable bonds is 7. The van der Waals surface area contributed by atoms with Crippen LogP contribution in [-0.4, -0.2) is 0 Å². The molecule has 0 fully saturated rings. The molecule has 6 rings (SSSR count). The molecule has 0 bridgehead atoms. The van der Waals surface area contributed by atoms with Crippen molar-refractivity contribution in [3.05, 3.63) is 168 Å². The van der Waals surface area contributed by atoms with Crippen molar-refractivity contribution >= 4 is 21.8 Å². The standard InChI is InChI=1S/C40H36S2/c1-29-5-17-35(18-6-29)41(36-19-7-30(2)8-20-36)39-25-13-33(14-26-39)34-15-27-40(28-16-34)42(37-21-9-31(3)10-22-37)38-23-11-32(4)12-24-38/h5-28H,1-4H3/q+2. The van der Waals surface area contributed by atoms with Gasteiger partial charge < -0.3 is 0 Å². The third-order valence-electron chi connectivity index (χ3n) is 7.54. The Hall–Kier alpha value is -3.98. The first-order chi connectivity index (χ1) is 20.4. The molecule has 0 N–H and O–H groups in total. The monoisotopic (exact) mass is 580 g/mol. The summed E-state index contributed by atoms with van der Waals surface area (Å²) in [5.41, 5.74) is 7.64. The largest absolute Gasteiger partial charge is 0.166 e. The van der Waals surface area contributed by atoms with E-state index in [1.807, 2.05) is 0 Å². The molecule has 0 atom stereocenters. The molecule has 0 saturated carbocycles. The van der Waals surface area contributed by atoms with Gasteiger partial charge in [-0.2, -0.15) is 0 Å². The highest BCUT2D eigenvalue weighted by Crippen LogP contribution is 2.35. The Balaban J connectivity index is 1.31. The van der Waals surface area contributed by atoms with Gasteiger partial charge in [0.2, 0.25) is 0 Å². The summed E-state index contributed by atoms with van der Waals surface area (Å²) in [5.74, 6) is 0. The molecule has 6 aromatic carbocycles. The minimum absolute atomic E-state index is 0.151. The lowest BCUT2D eigenvalue weighted by Gasteiger charge is -2.11. The van der Waals surface area contributed by atoms with Crippen LogP contribution in [0.4, 0.5) is 0 Å². The summed E-state index contributed by atoms with van der Waals surface area (Å²) < 4.78 is 0. The molecular formula is C40H36S2+2. The lowest BCUT2D eigenvalue weighted by atomic mass is 10.1. The van der Waals surface area contributed by atoms with E-state index in [1.54, 1.807) is 0 Å². The molecule has 42 heavy (non-hydrogen) atoms. The molecule has 206 valence electrons. The van der Waals surface area contributed by atoms with Gasteiger partial charge >= 0.3 is 0 Å². The second kappa shape index (κ2) is 12.5. The summed E-state index contributed by atoms with van der Waals surface area (Å²) in [6.45, 7) is 8.60. The van der Waals surface area contributed by atoms with Crippen LogP contribution >= 0.6 is 0 Å². The first kappa shape index (κ1) is 28.2. The zero-order valence-corrected chi connectivity index (χ0v) is 26.3. The van der Waals surface area contributed by atoms with E-state index in [9.17, 15) is 0 Å². The summed E-state index contributed by atoms with van der Waals surface area (Å²) >= 11 is 0. The van der Waals surface area contributed by atoms with E-state index in [4.69, 9.17) is 0 Å². The lowest BCUT2D eigenvalue weighted by molar-refractivity contribution is 1.28. The highest BCUT2D eigenvalue weighted by molar-refractivity contribution is 7.97. The van der Waals surface area contributed by atoms with Crippen molar-refractivity contribution in [2.75, 3.05) is 0 Å². The van der Waals surface area contributed by atoms with E-state index < -0.39 is 0 Å². The van der Waals surface area contributed by atoms with Crippen LogP contribution in [0.25, 0.3) is 11.1 Å². The highest BCUT2D eigenvalue weighted by atomic mass is 32.2.